The van der Waals surface area contributed by atoms with Crippen molar-refractivity contribution >= 4 is 23.9 Å². The summed E-state index contributed by atoms with van der Waals surface area (Å²) in [6.45, 7) is 9.13. The number of carbonyl (C=O) groups is 4. The van der Waals surface area contributed by atoms with Gasteiger partial charge in [-0.3, -0.25) is 14.4 Å². The Balaban J connectivity index is 3.34. The van der Waals surface area contributed by atoms with Crippen molar-refractivity contribution in [2.24, 2.45) is 11.8 Å². The first-order valence-corrected chi connectivity index (χ1v) is 9.27. The Morgan fingerprint density at radius 2 is 1.71 bits per heavy atom. The molecule has 28 heavy (non-hydrogen) atoms. The van der Waals surface area contributed by atoms with Crippen LogP contribution in [0.4, 0.5) is 0 Å². The van der Waals surface area contributed by atoms with Crippen LogP contribution >= 0.6 is 0 Å². The van der Waals surface area contributed by atoms with Gasteiger partial charge < -0.3 is 23.7 Å². The maximum absolute atomic E-state index is 12.5. The first-order chi connectivity index (χ1) is 13.0. The summed E-state index contributed by atoms with van der Waals surface area (Å²) in [5, 5.41) is 0. The molecule has 9 heteroatoms. The molecule has 9 nitrogen and oxygen atoms in total. The lowest BCUT2D eigenvalue weighted by molar-refractivity contribution is -0.302. The summed E-state index contributed by atoms with van der Waals surface area (Å²) in [7, 11) is 1.14. The van der Waals surface area contributed by atoms with Gasteiger partial charge in [-0.1, -0.05) is 20.8 Å². The fourth-order valence-electron chi connectivity index (χ4n) is 3.60. The molecular weight excluding hydrogens is 372 g/mol. The number of hydrogen-bond acceptors (Lipinski definition) is 9. The highest BCUT2D eigenvalue weighted by Gasteiger charge is 2.57. The zero-order valence-electron chi connectivity index (χ0n) is 17.5. The Hall–Kier alpha value is -2.16. The average Bonchev–Trinajstić information content (AvgIpc) is 2.59. The SMILES string of the molecule is CCC(OC(C)=O)C(C)C1O[C@@](OC(C)=O)(C(=O)OC)C[C@@H](OC(C)=O)[C@H]1C. The van der Waals surface area contributed by atoms with Crippen molar-refractivity contribution in [3.05, 3.63) is 0 Å². The number of rotatable bonds is 7. The predicted molar refractivity (Wildman–Crippen MR) is 95.7 cm³/mol. The van der Waals surface area contributed by atoms with Crippen molar-refractivity contribution in [3.63, 3.8) is 0 Å². The van der Waals surface area contributed by atoms with Gasteiger partial charge in [0.1, 0.15) is 12.2 Å². The molecule has 1 rings (SSSR count). The number of ether oxygens (including phenoxy) is 5. The van der Waals surface area contributed by atoms with Crippen molar-refractivity contribution in [1.29, 1.82) is 0 Å². The van der Waals surface area contributed by atoms with Gasteiger partial charge in [-0.05, 0) is 6.42 Å². The van der Waals surface area contributed by atoms with E-state index in [1.165, 1.54) is 13.8 Å². The molecule has 0 saturated carbocycles. The normalized spacial score (nSPS) is 29.2. The van der Waals surface area contributed by atoms with E-state index < -0.39 is 48.0 Å². The molecule has 6 atom stereocenters. The number of carbonyl (C=O) groups excluding carboxylic acids is 4. The van der Waals surface area contributed by atoms with Crippen LogP contribution in [0.25, 0.3) is 0 Å². The van der Waals surface area contributed by atoms with Gasteiger partial charge in [0.15, 0.2) is 0 Å². The van der Waals surface area contributed by atoms with Crippen LogP contribution in [0.2, 0.25) is 0 Å². The molecule has 1 fully saturated rings. The Morgan fingerprint density at radius 1 is 1.11 bits per heavy atom. The lowest BCUT2D eigenvalue weighted by Gasteiger charge is -2.47. The van der Waals surface area contributed by atoms with Gasteiger partial charge in [0.25, 0.3) is 0 Å². The lowest BCUT2D eigenvalue weighted by atomic mass is 9.80. The molecule has 0 aromatic rings. The molecule has 1 saturated heterocycles. The first kappa shape index (κ1) is 23.9. The van der Waals surface area contributed by atoms with E-state index in [4.69, 9.17) is 23.7 Å². The quantitative estimate of drug-likeness (QED) is 0.464. The van der Waals surface area contributed by atoms with Crippen molar-refractivity contribution in [2.75, 3.05) is 7.11 Å². The monoisotopic (exact) mass is 402 g/mol. The summed E-state index contributed by atoms with van der Waals surface area (Å²) in [6.07, 6.45) is -1.70. The highest BCUT2D eigenvalue weighted by Crippen LogP contribution is 2.40. The van der Waals surface area contributed by atoms with E-state index in [-0.39, 0.29) is 18.3 Å². The van der Waals surface area contributed by atoms with Crippen LogP contribution in [0.1, 0.15) is 54.4 Å². The van der Waals surface area contributed by atoms with Crippen LogP contribution in [0.5, 0.6) is 0 Å². The van der Waals surface area contributed by atoms with Gasteiger partial charge in [0, 0.05) is 32.6 Å². The molecule has 0 bridgehead atoms. The molecule has 0 N–H and O–H groups in total. The van der Waals surface area contributed by atoms with E-state index >= 15 is 0 Å². The Labute approximate surface area is 165 Å². The maximum Gasteiger partial charge on any atom is 0.379 e. The third-order valence-electron chi connectivity index (χ3n) is 4.85. The molecule has 1 heterocycles. The van der Waals surface area contributed by atoms with E-state index in [0.717, 1.165) is 14.0 Å². The molecule has 0 radical (unpaired) electrons. The largest absolute Gasteiger partial charge is 0.464 e. The summed E-state index contributed by atoms with van der Waals surface area (Å²) in [5.74, 6) is -5.46. The summed E-state index contributed by atoms with van der Waals surface area (Å²) in [5.41, 5.74) is 0. The number of esters is 4. The smallest absolute Gasteiger partial charge is 0.379 e. The molecular formula is C19H30O9. The predicted octanol–water partition coefficient (Wildman–Crippen LogP) is 1.75. The standard InChI is InChI=1S/C19H30O9/c1-8-15(25-12(4)20)10(2)17-11(3)16(26-13(5)21)9-19(28-17,18(23)24-7)27-14(6)22/h10-11,15-17H,8-9H2,1-7H3/t10?,11-,15?,16-,17?,19-/m1/s1. The summed E-state index contributed by atoms with van der Waals surface area (Å²) in [6, 6.07) is 0. The van der Waals surface area contributed by atoms with Gasteiger partial charge in [-0.2, -0.15) is 0 Å². The summed E-state index contributed by atoms with van der Waals surface area (Å²) < 4.78 is 26.8. The summed E-state index contributed by atoms with van der Waals surface area (Å²) in [4.78, 5) is 47.2. The minimum atomic E-state index is -2.05. The second-order valence-electron chi connectivity index (χ2n) is 7.05. The minimum Gasteiger partial charge on any atom is -0.464 e. The zero-order valence-corrected chi connectivity index (χ0v) is 17.5. The van der Waals surface area contributed by atoms with Crippen molar-refractivity contribution < 1.29 is 42.9 Å². The van der Waals surface area contributed by atoms with Crippen LogP contribution in [0.3, 0.4) is 0 Å². The lowest BCUT2D eigenvalue weighted by Crippen LogP contribution is -2.60. The number of hydrogen-bond donors (Lipinski definition) is 0. The minimum absolute atomic E-state index is 0.201. The average molecular weight is 402 g/mol. The number of methoxy groups -OCH3 is 1. The molecule has 1 aliphatic rings. The second kappa shape index (κ2) is 9.86. The maximum atomic E-state index is 12.5. The van der Waals surface area contributed by atoms with Gasteiger partial charge >= 0.3 is 29.7 Å². The van der Waals surface area contributed by atoms with E-state index in [9.17, 15) is 19.2 Å². The fraction of sp³-hybridized carbons (Fsp3) is 0.789. The molecule has 0 aliphatic carbocycles. The van der Waals surface area contributed by atoms with E-state index in [1.54, 1.807) is 13.8 Å². The Kier molecular flexibility index (Phi) is 8.41. The van der Waals surface area contributed by atoms with Crippen LogP contribution < -0.4 is 0 Å². The Bertz CT molecular complexity index is 602. The zero-order chi connectivity index (χ0) is 21.6. The third-order valence-corrected chi connectivity index (χ3v) is 4.85. The van der Waals surface area contributed by atoms with Crippen LogP contribution in [-0.2, 0) is 42.9 Å². The van der Waals surface area contributed by atoms with Crippen LogP contribution in [0, 0.1) is 11.8 Å². The molecule has 3 unspecified atom stereocenters. The van der Waals surface area contributed by atoms with Gasteiger partial charge in [-0.25, -0.2) is 4.79 Å². The molecule has 0 aromatic heterocycles. The molecule has 0 amide bonds. The van der Waals surface area contributed by atoms with E-state index in [2.05, 4.69) is 0 Å². The van der Waals surface area contributed by atoms with Gasteiger partial charge in [-0.15, -0.1) is 0 Å². The van der Waals surface area contributed by atoms with Crippen LogP contribution in [0.15, 0.2) is 0 Å². The summed E-state index contributed by atoms with van der Waals surface area (Å²) >= 11 is 0. The molecule has 160 valence electrons. The Morgan fingerprint density at radius 3 is 2.14 bits per heavy atom. The van der Waals surface area contributed by atoms with E-state index in [0.29, 0.717) is 6.42 Å². The van der Waals surface area contributed by atoms with Gasteiger partial charge in [0.2, 0.25) is 0 Å². The van der Waals surface area contributed by atoms with Crippen LogP contribution in [-0.4, -0.2) is 55.1 Å². The van der Waals surface area contributed by atoms with Crippen molar-refractivity contribution in [3.8, 4) is 0 Å². The first-order valence-electron chi connectivity index (χ1n) is 9.27. The van der Waals surface area contributed by atoms with E-state index in [1.807, 2.05) is 6.92 Å². The fourth-order valence-corrected chi connectivity index (χ4v) is 3.60. The second-order valence-corrected chi connectivity index (χ2v) is 7.05. The topological polar surface area (TPSA) is 114 Å². The van der Waals surface area contributed by atoms with Gasteiger partial charge in [0.05, 0.1) is 19.6 Å². The highest BCUT2D eigenvalue weighted by molar-refractivity contribution is 5.81. The molecule has 0 spiro atoms. The molecule has 0 aromatic carbocycles. The third kappa shape index (κ3) is 5.67. The highest BCUT2D eigenvalue weighted by atomic mass is 16.8. The molecule has 1 aliphatic heterocycles. The van der Waals surface area contributed by atoms with Crippen molar-refractivity contribution in [1.82, 2.24) is 0 Å². The van der Waals surface area contributed by atoms with Crippen molar-refractivity contribution in [2.45, 2.75) is 78.5 Å².